The summed E-state index contributed by atoms with van der Waals surface area (Å²) in [6.45, 7) is 4.49. The molecule has 3 rings (SSSR count). The summed E-state index contributed by atoms with van der Waals surface area (Å²) in [5.74, 6) is 0.0711. The number of benzene rings is 1. The number of carbonyl (C=O) groups is 1. The molecular formula is C16H17NO4S. The summed E-state index contributed by atoms with van der Waals surface area (Å²) < 4.78 is 16.7. The van der Waals surface area contributed by atoms with Crippen molar-refractivity contribution in [1.82, 2.24) is 4.90 Å². The molecule has 0 aliphatic carbocycles. The van der Waals surface area contributed by atoms with E-state index in [0.29, 0.717) is 29.8 Å². The van der Waals surface area contributed by atoms with Gasteiger partial charge in [0.25, 0.3) is 5.91 Å². The average molecular weight is 319 g/mol. The standard InChI is InChI=1S/C16H17NO4S/c1-16(2)10-17(7-8-22(16)20)14(18)12-9-11-5-3-4-6-13(11)21-15(12)19/h3-6,9H,7-8,10H2,1-2H3/t22-/m1/s1. The van der Waals surface area contributed by atoms with Crippen molar-refractivity contribution in [2.75, 3.05) is 18.8 Å². The SMILES string of the molecule is CC1(C)CN(C(=O)c2cc3ccccc3oc2=O)CC[S@]1=O. The molecule has 22 heavy (non-hydrogen) atoms. The van der Waals surface area contributed by atoms with Crippen LogP contribution in [0.2, 0.25) is 0 Å². The van der Waals surface area contributed by atoms with E-state index in [0.717, 1.165) is 0 Å². The fourth-order valence-corrected chi connectivity index (χ4v) is 3.87. The summed E-state index contributed by atoms with van der Waals surface area (Å²) in [5.41, 5.74) is -0.139. The number of rotatable bonds is 1. The maximum Gasteiger partial charge on any atom is 0.349 e. The van der Waals surface area contributed by atoms with Crippen LogP contribution in [0.25, 0.3) is 11.0 Å². The highest BCUT2D eigenvalue weighted by atomic mass is 32.2. The zero-order valence-corrected chi connectivity index (χ0v) is 13.3. The molecule has 0 radical (unpaired) electrons. The Bertz CT molecular complexity index is 824. The largest absolute Gasteiger partial charge is 0.422 e. The Morgan fingerprint density at radius 1 is 1.32 bits per heavy atom. The van der Waals surface area contributed by atoms with E-state index in [1.54, 1.807) is 29.2 Å². The van der Waals surface area contributed by atoms with Gasteiger partial charge in [0.1, 0.15) is 11.1 Å². The van der Waals surface area contributed by atoms with E-state index in [4.69, 9.17) is 4.42 Å². The molecule has 6 heteroatoms. The predicted octanol–water partition coefficient (Wildman–Crippen LogP) is 1.78. The summed E-state index contributed by atoms with van der Waals surface area (Å²) >= 11 is 0. The molecule has 1 aromatic heterocycles. The maximum absolute atomic E-state index is 12.6. The van der Waals surface area contributed by atoms with Gasteiger partial charge in [-0.15, -0.1) is 0 Å². The number of hydrogen-bond donors (Lipinski definition) is 0. The lowest BCUT2D eigenvalue weighted by atomic mass is 10.1. The van der Waals surface area contributed by atoms with Crippen LogP contribution >= 0.6 is 0 Å². The van der Waals surface area contributed by atoms with Crippen molar-refractivity contribution in [3.8, 4) is 0 Å². The molecule has 1 aliphatic heterocycles. The number of nitrogens with zero attached hydrogens (tertiary/aromatic N) is 1. The van der Waals surface area contributed by atoms with Gasteiger partial charge in [-0.25, -0.2) is 4.79 Å². The third kappa shape index (κ3) is 2.59. The lowest BCUT2D eigenvalue weighted by Crippen LogP contribution is -2.52. The van der Waals surface area contributed by atoms with Crippen LogP contribution in [0.15, 0.2) is 39.5 Å². The molecule has 0 unspecified atom stereocenters. The van der Waals surface area contributed by atoms with Crippen LogP contribution in [0.4, 0.5) is 0 Å². The normalized spacial score (nSPS) is 21.0. The maximum atomic E-state index is 12.6. The first kappa shape index (κ1) is 15.0. The molecule has 5 nitrogen and oxygen atoms in total. The van der Waals surface area contributed by atoms with Gasteiger partial charge in [-0.05, 0) is 26.0 Å². The van der Waals surface area contributed by atoms with E-state index in [2.05, 4.69) is 0 Å². The summed E-state index contributed by atoms with van der Waals surface area (Å²) in [5, 5.41) is 0.713. The van der Waals surface area contributed by atoms with Crippen molar-refractivity contribution in [1.29, 1.82) is 0 Å². The Kier molecular flexibility index (Phi) is 3.64. The summed E-state index contributed by atoms with van der Waals surface area (Å²) in [7, 11) is -0.967. The van der Waals surface area contributed by atoms with Gasteiger partial charge in [-0.2, -0.15) is 0 Å². The zero-order chi connectivity index (χ0) is 15.9. The van der Waals surface area contributed by atoms with Gasteiger partial charge in [0.2, 0.25) is 0 Å². The summed E-state index contributed by atoms with van der Waals surface area (Å²) in [6.07, 6.45) is 0. The minimum Gasteiger partial charge on any atom is -0.422 e. The molecule has 1 saturated heterocycles. The van der Waals surface area contributed by atoms with Crippen LogP contribution in [0, 0.1) is 0 Å². The van der Waals surface area contributed by atoms with Gasteiger partial charge in [-0.3, -0.25) is 9.00 Å². The van der Waals surface area contributed by atoms with Gasteiger partial charge >= 0.3 is 5.63 Å². The van der Waals surface area contributed by atoms with E-state index >= 15 is 0 Å². The fraction of sp³-hybridized carbons (Fsp3) is 0.375. The summed E-state index contributed by atoms with van der Waals surface area (Å²) in [6, 6.07) is 8.66. The van der Waals surface area contributed by atoms with Crippen LogP contribution in [0.1, 0.15) is 24.2 Å². The van der Waals surface area contributed by atoms with Crippen molar-refractivity contribution in [3.05, 3.63) is 46.3 Å². The van der Waals surface area contributed by atoms with Gasteiger partial charge < -0.3 is 9.32 Å². The Hall–Kier alpha value is -1.95. The van der Waals surface area contributed by atoms with E-state index in [1.807, 2.05) is 19.9 Å². The third-order valence-electron chi connectivity index (χ3n) is 3.89. The van der Waals surface area contributed by atoms with Crippen molar-refractivity contribution >= 4 is 27.7 Å². The second-order valence-electron chi connectivity index (χ2n) is 6.02. The molecule has 0 N–H and O–H groups in total. The highest BCUT2D eigenvalue weighted by molar-refractivity contribution is 7.86. The number of carbonyl (C=O) groups excluding carboxylic acids is 1. The molecule has 1 aliphatic rings. The lowest BCUT2D eigenvalue weighted by molar-refractivity contribution is 0.0741. The van der Waals surface area contributed by atoms with E-state index < -0.39 is 21.2 Å². The Balaban J connectivity index is 1.97. The average Bonchev–Trinajstić information content (AvgIpc) is 2.48. The minimum atomic E-state index is -0.967. The molecule has 1 fully saturated rings. The van der Waals surface area contributed by atoms with Crippen molar-refractivity contribution in [3.63, 3.8) is 0 Å². The first-order valence-corrected chi connectivity index (χ1v) is 8.41. The predicted molar refractivity (Wildman–Crippen MR) is 85.5 cm³/mol. The van der Waals surface area contributed by atoms with Crippen LogP contribution < -0.4 is 5.63 Å². The van der Waals surface area contributed by atoms with Crippen molar-refractivity contribution in [2.45, 2.75) is 18.6 Å². The van der Waals surface area contributed by atoms with Crippen molar-refractivity contribution < 1.29 is 13.4 Å². The second kappa shape index (κ2) is 5.35. The molecule has 1 atom stereocenters. The molecule has 0 bridgehead atoms. The molecule has 1 aromatic carbocycles. The second-order valence-corrected chi connectivity index (χ2v) is 8.23. The fourth-order valence-electron chi connectivity index (χ4n) is 2.63. The van der Waals surface area contributed by atoms with E-state index in [9.17, 15) is 13.8 Å². The Morgan fingerprint density at radius 3 is 2.77 bits per heavy atom. The molecule has 2 aromatic rings. The highest BCUT2D eigenvalue weighted by Crippen LogP contribution is 2.22. The first-order valence-electron chi connectivity index (χ1n) is 7.09. The highest BCUT2D eigenvalue weighted by Gasteiger charge is 2.36. The topological polar surface area (TPSA) is 67.6 Å². The Morgan fingerprint density at radius 2 is 2.05 bits per heavy atom. The number of fused-ring (bicyclic) bond motifs is 1. The van der Waals surface area contributed by atoms with E-state index in [1.165, 1.54) is 0 Å². The van der Waals surface area contributed by atoms with Crippen LogP contribution in [-0.4, -0.2) is 38.6 Å². The molecule has 0 spiro atoms. The zero-order valence-electron chi connectivity index (χ0n) is 12.5. The Labute approximate surface area is 130 Å². The van der Waals surface area contributed by atoms with Crippen LogP contribution in [0.5, 0.6) is 0 Å². The first-order chi connectivity index (χ1) is 10.4. The quantitative estimate of drug-likeness (QED) is 0.751. The smallest absolute Gasteiger partial charge is 0.349 e. The van der Waals surface area contributed by atoms with Gasteiger partial charge in [0, 0.05) is 35.0 Å². The van der Waals surface area contributed by atoms with Gasteiger partial charge in [0.05, 0.1) is 4.75 Å². The molecule has 2 heterocycles. The molecule has 1 amide bonds. The number of amides is 1. The van der Waals surface area contributed by atoms with Crippen LogP contribution in [0.3, 0.4) is 0 Å². The summed E-state index contributed by atoms with van der Waals surface area (Å²) in [4.78, 5) is 26.3. The number of para-hydroxylation sites is 1. The monoisotopic (exact) mass is 319 g/mol. The van der Waals surface area contributed by atoms with Crippen molar-refractivity contribution in [2.24, 2.45) is 0 Å². The van der Waals surface area contributed by atoms with E-state index in [-0.39, 0.29) is 11.5 Å². The van der Waals surface area contributed by atoms with Gasteiger partial charge in [0.15, 0.2) is 0 Å². The lowest BCUT2D eigenvalue weighted by Gasteiger charge is -2.37. The third-order valence-corrected chi connectivity index (χ3v) is 5.81. The van der Waals surface area contributed by atoms with Gasteiger partial charge in [-0.1, -0.05) is 18.2 Å². The minimum absolute atomic E-state index is 0.0298. The van der Waals surface area contributed by atoms with Crippen LogP contribution in [-0.2, 0) is 10.8 Å². The molecule has 0 saturated carbocycles. The number of hydrogen-bond acceptors (Lipinski definition) is 4. The molecular weight excluding hydrogens is 302 g/mol. The molecule has 116 valence electrons.